The molecule has 8 heavy (non-hydrogen) atoms. The molecule has 46 valence electrons. The maximum absolute atomic E-state index is 10.9. The van der Waals surface area contributed by atoms with E-state index < -0.39 is 11.9 Å². The first kappa shape index (κ1) is 3.49. The number of hydrogen-bond acceptors (Lipinski definition) is 1. The number of rotatable bonds is 0. The number of hydrogen-bond donors (Lipinski definition) is 0. The lowest BCUT2D eigenvalue weighted by Gasteiger charge is -2.16. The summed E-state index contributed by atoms with van der Waals surface area (Å²) < 4.78 is 15.2. The molecule has 1 rings (SSSR count). The zero-order chi connectivity index (χ0) is 7.99. The topological polar surface area (TPSA) is 26.1 Å². The summed E-state index contributed by atoms with van der Waals surface area (Å²) in [4.78, 5) is 0. The zero-order valence-electron chi connectivity index (χ0n) is 7.14. The summed E-state index contributed by atoms with van der Waals surface area (Å²) in [6, 6.07) is 0. The van der Waals surface area contributed by atoms with E-state index in [1.807, 2.05) is 0 Å². The van der Waals surface area contributed by atoms with Crippen LogP contribution in [-0.2, 0) is 0 Å². The van der Waals surface area contributed by atoms with Gasteiger partial charge in [0, 0.05) is 29.4 Å². The standard InChI is InChI=1S/C6H11NO/c1-6(2)4-3-5-7(6)8/h5H,3-4H2,1-2H3/i3D2. The van der Waals surface area contributed by atoms with Crippen molar-refractivity contribution in [3.63, 3.8) is 0 Å². The summed E-state index contributed by atoms with van der Waals surface area (Å²) in [6.07, 6.45) is -0.0260. The summed E-state index contributed by atoms with van der Waals surface area (Å²) in [5.41, 5.74) is -0.566. The molecule has 0 amide bonds. The number of hydroxylamine groups is 1. The lowest BCUT2D eigenvalue weighted by atomic mass is 10.0. The highest BCUT2D eigenvalue weighted by atomic mass is 16.5. The van der Waals surface area contributed by atoms with Gasteiger partial charge in [0.15, 0.2) is 11.8 Å². The normalized spacial score (nSPS) is 35.5. The molecule has 0 aromatic carbocycles. The van der Waals surface area contributed by atoms with Gasteiger partial charge in [0.1, 0.15) is 0 Å². The van der Waals surface area contributed by atoms with Gasteiger partial charge in [-0.1, -0.05) is 0 Å². The first-order valence-electron chi connectivity index (χ1n) is 3.66. The Bertz CT molecular complexity index is 186. The molecule has 0 aliphatic carbocycles. The van der Waals surface area contributed by atoms with Crippen LogP contribution in [0.5, 0.6) is 0 Å². The molecule has 0 saturated carbocycles. The monoisotopic (exact) mass is 115 g/mol. The molecule has 0 atom stereocenters. The molecule has 0 fully saturated rings. The lowest BCUT2D eigenvalue weighted by Crippen LogP contribution is -2.27. The highest BCUT2D eigenvalue weighted by Gasteiger charge is 2.29. The Kier molecular flexibility index (Phi) is 0.641. The fourth-order valence-electron chi connectivity index (χ4n) is 0.631. The predicted octanol–water partition coefficient (Wildman–Crippen LogP) is 1.14. The molecule has 1 aliphatic heterocycles. The molecule has 2 heteroatoms. The minimum atomic E-state index is -1.41. The third-order valence-electron chi connectivity index (χ3n) is 1.34. The van der Waals surface area contributed by atoms with Crippen LogP contribution in [-0.4, -0.2) is 16.5 Å². The van der Waals surface area contributed by atoms with Crippen molar-refractivity contribution in [2.24, 2.45) is 0 Å². The quantitative estimate of drug-likeness (QED) is 0.343. The predicted molar refractivity (Wildman–Crippen MR) is 33.0 cm³/mol. The Morgan fingerprint density at radius 1 is 1.88 bits per heavy atom. The molecule has 2 nitrogen and oxygen atoms in total. The summed E-state index contributed by atoms with van der Waals surface area (Å²) >= 11 is 0. The average molecular weight is 115 g/mol. The summed E-state index contributed by atoms with van der Waals surface area (Å²) in [5, 5.41) is 10.9. The smallest absolute Gasteiger partial charge is 0.167 e. The van der Waals surface area contributed by atoms with E-state index in [-0.39, 0.29) is 6.42 Å². The average Bonchev–Trinajstić information content (AvgIpc) is 1.73. The molecule has 0 bridgehead atoms. The van der Waals surface area contributed by atoms with Gasteiger partial charge in [0.05, 0.1) is 0 Å². The van der Waals surface area contributed by atoms with Crippen molar-refractivity contribution in [2.75, 3.05) is 0 Å². The Morgan fingerprint density at radius 3 is 2.62 bits per heavy atom. The van der Waals surface area contributed by atoms with Gasteiger partial charge in [-0.3, -0.25) is 0 Å². The molecule has 0 aromatic heterocycles. The Balaban J connectivity index is 2.89. The van der Waals surface area contributed by atoms with Crippen molar-refractivity contribution < 1.29 is 7.48 Å². The summed E-state index contributed by atoms with van der Waals surface area (Å²) in [6.45, 7) is 3.47. The van der Waals surface area contributed by atoms with Crippen LogP contribution in [0.3, 0.4) is 0 Å². The van der Waals surface area contributed by atoms with E-state index in [0.717, 1.165) is 6.21 Å². The molecule has 0 unspecified atom stereocenters. The van der Waals surface area contributed by atoms with Crippen LogP contribution in [0.15, 0.2) is 0 Å². The van der Waals surface area contributed by atoms with E-state index in [9.17, 15) is 5.21 Å². The third kappa shape index (κ3) is 0.703. The molecule has 1 heterocycles. The van der Waals surface area contributed by atoms with Crippen LogP contribution in [0.25, 0.3) is 0 Å². The van der Waals surface area contributed by atoms with E-state index >= 15 is 0 Å². The van der Waals surface area contributed by atoms with Crippen molar-refractivity contribution in [1.82, 2.24) is 0 Å². The Hall–Kier alpha value is -0.530. The summed E-state index contributed by atoms with van der Waals surface area (Å²) in [5.74, 6) is 0. The van der Waals surface area contributed by atoms with Gasteiger partial charge in [-0.05, 0) is 0 Å². The van der Waals surface area contributed by atoms with E-state index in [1.54, 1.807) is 13.8 Å². The van der Waals surface area contributed by atoms with E-state index in [4.69, 9.17) is 2.74 Å². The maximum Gasteiger partial charge on any atom is 0.167 e. The molecule has 0 N–H and O–H groups in total. The molecule has 1 aliphatic rings. The van der Waals surface area contributed by atoms with Gasteiger partial charge in [0.25, 0.3) is 0 Å². The molecule has 0 spiro atoms. The van der Waals surface area contributed by atoms with Crippen molar-refractivity contribution in [3.05, 3.63) is 5.21 Å². The summed E-state index contributed by atoms with van der Waals surface area (Å²) in [7, 11) is 0. The minimum absolute atomic E-state index is 0.281. The van der Waals surface area contributed by atoms with Gasteiger partial charge in [-0.2, -0.15) is 0 Å². The highest BCUT2D eigenvalue weighted by Crippen LogP contribution is 2.19. The Labute approximate surface area is 52.2 Å². The van der Waals surface area contributed by atoms with E-state index in [1.165, 1.54) is 0 Å². The zero-order valence-corrected chi connectivity index (χ0v) is 5.14. The van der Waals surface area contributed by atoms with Gasteiger partial charge in [-0.25, -0.2) is 4.74 Å². The lowest BCUT2D eigenvalue weighted by molar-refractivity contribution is -0.527. The van der Waals surface area contributed by atoms with Crippen LogP contribution < -0.4 is 0 Å². The van der Waals surface area contributed by atoms with Gasteiger partial charge in [0.2, 0.25) is 0 Å². The molecule has 0 radical (unpaired) electrons. The minimum Gasteiger partial charge on any atom is -0.624 e. The van der Waals surface area contributed by atoms with E-state index in [2.05, 4.69) is 0 Å². The molecular formula is C6H11NO. The second-order valence-corrected chi connectivity index (χ2v) is 2.65. The SMILES string of the molecule is [2H]C1([2H])C=[N+]([O-])C(C)(C)C1. The second-order valence-electron chi connectivity index (χ2n) is 2.65. The van der Waals surface area contributed by atoms with E-state index in [0.29, 0.717) is 4.74 Å². The largest absolute Gasteiger partial charge is 0.624 e. The second kappa shape index (κ2) is 1.47. The third-order valence-corrected chi connectivity index (χ3v) is 1.34. The maximum atomic E-state index is 10.9. The fourth-order valence-corrected chi connectivity index (χ4v) is 0.631. The van der Waals surface area contributed by atoms with Gasteiger partial charge < -0.3 is 5.21 Å². The van der Waals surface area contributed by atoms with Gasteiger partial charge >= 0.3 is 0 Å². The van der Waals surface area contributed by atoms with Crippen LogP contribution >= 0.6 is 0 Å². The first-order valence-corrected chi connectivity index (χ1v) is 2.66. The highest BCUT2D eigenvalue weighted by molar-refractivity contribution is 5.53. The van der Waals surface area contributed by atoms with Crippen LogP contribution in [0.1, 0.15) is 29.4 Å². The van der Waals surface area contributed by atoms with Crippen LogP contribution in [0.4, 0.5) is 0 Å². The Morgan fingerprint density at radius 2 is 2.50 bits per heavy atom. The van der Waals surface area contributed by atoms with Crippen molar-refractivity contribution in [3.8, 4) is 0 Å². The fraction of sp³-hybridized carbons (Fsp3) is 0.833. The van der Waals surface area contributed by atoms with Crippen LogP contribution in [0, 0.1) is 5.21 Å². The van der Waals surface area contributed by atoms with Crippen molar-refractivity contribution in [1.29, 1.82) is 0 Å². The first-order chi connectivity index (χ1) is 4.33. The molecule has 0 aromatic rings. The van der Waals surface area contributed by atoms with Gasteiger partial charge in [-0.15, -0.1) is 0 Å². The van der Waals surface area contributed by atoms with Crippen LogP contribution in [0.2, 0.25) is 0 Å². The number of nitrogens with zero attached hydrogens (tertiary/aromatic N) is 1. The van der Waals surface area contributed by atoms with Crippen molar-refractivity contribution in [2.45, 2.75) is 32.2 Å². The molecule has 0 saturated heterocycles. The van der Waals surface area contributed by atoms with Crippen molar-refractivity contribution >= 4 is 6.21 Å². The molecular weight excluding hydrogens is 102 g/mol.